The van der Waals surface area contributed by atoms with Crippen molar-refractivity contribution in [1.82, 2.24) is 4.90 Å². The van der Waals surface area contributed by atoms with E-state index in [4.69, 9.17) is 25.8 Å². The molecular weight excluding hydrogens is 508 g/mol. The summed E-state index contributed by atoms with van der Waals surface area (Å²) in [5.74, 6) is 0.412. The Morgan fingerprint density at radius 2 is 1.55 bits per heavy atom. The van der Waals surface area contributed by atoms with Crippen molar-refractivity contribution in [2.75, 3.05) is 38.2 Å². The van der Waals surface area contributed by atoms with E-state index in [0.717, 1.165) is 11.3 Å². The first-order valence-corrected chi connectivity index (χ1v) is 12.9. The number of hydrogen-bond acceptors (Lipinski definition) is 5. The number of carbonyl (C=O) groups is 2. The van der Waals surface area contributed by atoms with Gasteiger partial charge < -0.3 is 29.5 Å². The van der Waals surface area contributed by atoms with Crippen molar-refractivity contribution in [3.8, 4) is 11.5 Å². The largest absolute Gasteiger partial charge is 0.494 e. The highest BCUT2D eigenvalue weighted by molar-refractivity contribution is 6.33. The van der Waals surface area contributed by atoms with Crippen LogP contribution in [0.4, 0.5) is 10.5 Å². The monoisotopic (exact) mass is 540 g/mol. The van der Waals surface area contributed by atoms with Gasteiger partial charge in [-0.1, -0.05) is 54.1 Å². The van der Waals surface area contributed by atoms with Crippen LogP contribution in [0.2, 0.25) is 5.02 Å². The van der Waals surface area contributed by atoms with Crippen LogP contribution in [0.15, 0.2) is 78.9 Å². The quantitative estimate of drug-likeness (QED) is 0.238. The molecule has 8 nitrogen and oxygen atoms in total. The van der Waals surface area contributed by atoms with Crippen LogP contribution < -0.4 is 14.8 Å². The molecule has 0 aromatic heterocycles. The van der Waals surface area contributed by atoms with Gasteiger partial charge in [-0.15, -0.1) is 0 Å². The molecule has 9 heteroatoms. The molecule has 3 aromatic carbocycles. The van der Waals surface area contributed by atoms with Crippen LogP contribution in [-0.4, -0.2) is 61.0 Å². The van der Waals surface area contributed by atoms with E-state index in [1.807, 2.05) is 42.5 Å². The number of carboxylic acids is 1. The van der Waals surface area contributed by atoms with Gasteiger partial charge in [0.15, 0.2) is 6.10 Å². The predicted molar refractivity (Wildman–Crippen MR) is 147 cm³/mol. The molecule has 1 unspecified atom stereocenters. The second-order valence-corrected chi connectivity index (χ2v) is 8.80. The Morgan fingerprint density at radius 1 is 0.895 bits per heavy atom. The van der Waals surface area contributed by atoms with Gasteiger partial charge in [-0.05, 0) is 55.3 Å². The molecule has 0 aliphatic carbocycles. The van der Waals surface area contributed by atoms with Crippen LogP contribution in [0.25, 0.3) is 0 Å². The van der Waals surface area contributed by atoms with Gasteiger partial charge in [0.25, 0.3) is 0 Å². The standard InChI is InChI=1S/C29H33ClN2O6/c1-2-36-27(28(33)34)21-22-13-15-24(16-14-22)38-20-18-32(17-8-19-37-23-9-4-3-5-10-23)29(35)31-26-12-7-6-11-25(26)30/h3-7,9-16,27H,2,8,17-21H2,1H3,(H,31,35)(H,33,34). The highest BCUT2D eigenvalue weighted by Gasteiger charge is 2.18. The van der Waals surface area contributed by atoms with Crippen molar-refractivity contribution < 1.29 is 28.9 Å². The number of carboxylic acid groups (broad SMARTS) is 1. The Morgan fingerprint density at radius 3 is 2.24 bits per heavy atom. The second-order valence-electron chi connectivity index (χ2n) is 8.39. The van der Waals surface area contributed by atoms with Gasteiger partial charge >= 0.3 is 12.0 Å². The molecule has 2 N–H and O–H groups in total. The topological polar surface area (TPSA) is 97.3 Å². The van der Waals surface area contributed by atoms with Crippen LogP contribution in [0.1, 0.15) is 18.9 Å². The number of ether oxygens (including phenoxy) is 3. The lowest BCUT2D eigenvalue weighted by Crippen LogP contribution is -2.39. The molecule has 1 atom stereocenters. The van der Waals surface area contributed by atoms with Gasteiger partial charge in [0.1, 0.15) is 18.1 Å². The van der Waals surface area contributed by atoms with Crippen LogP contribution in [0, 0.1) is 0 Å². The lowest BCUT2D eigenvalue weighted by atomic mass is 10.1. The third kappa shape index (κ3) is 9.61. The van der Waals surface area contributed by atoms with E-state index in [1.54, 1.807) is 48.2 Å². The molecule has 0 saturated heterocycles. The molecule has 0 bridgehead atoms. The summed E-state index contributed by atoms with van der Waals surface area (Å²) in [6, 6.07) is 23.5. The number of urea groups is 1. The zero-order valence-electron chi connectivity index (χ0n) is 21.3. The maximum absolute atomic E-state index is 13.0. The molecule has 0 heterocycles. The number of amides is 2. The fourth-order valence-electron chi connectivity index (χ4n) is 3.66. The van der Waals surface area contributed by atoms with E-state index in [9.17, 15) is 14.7 Å². The Hall–Kier alpha value is -3.75. The van der Waals surface area contributed by atoms with Crippen molar-refractivity contribution in [3.63, 3.8) is 0 Å². The Kier molecular flexibility index (Phi) is 11.7. The van der Waals surface area contributed by atoms with Gasteiger partial charge in [0.2, 0.25) is 0 Å². The summed E-state index contributed by atoms with van der Waals surface area (Å²) in [5, 5.41) is 12.6. The summed E-state index contributed by atoms with van der Waals surface area (Å²) in [4.78, 5) is 26.0. The number of hydrogen-bond donors (Lipinski definition) is 2. The zero-order valence-corrected chi connectivity index (χ0v) is 22.1. The fraction of sp³-hybridized carbons (Fsp3) is 0.310. The summed E-state index contributed by atoms with van der Waals surface area (Å²) in [5.41, 5.74) is 1.37. The molecule has 0 spiro atoms. The lowest BCUT2D eigenvalue weighted by molar-refractivity contribution is -0.149. The first kappa shape index (κ1) is 28.8. The zero-order chi connectivity index (χ0) is 27.2. The minimum Gasteiger partial charge on any atom is -0.494 e. The summed E-state index contributed by atoms with van der Waals surface area (Å²) >= 11 is 6.21. The molecule has 38 heavy (non-hydrogen) atoms. The summed E-state index contributed by atoms with van der Waals surface area (Å²) in [6.45, 7) is 3.62. The van der Waals surface area contributed by atoms with Gasteiger partial charge in [-0.3, -0.25) is 0 Å². The third-order valence-electron chi connectivity index (χ3n) is 5.60. The molecule has 0 radical (unpaired) electrons. The first-order chi connectivity index (χ1) is 18.5. The molecular formula is C29H33ClN2O6. The number of para-hydroxylation sites is 2. The number of rotatable bonds is 15. The van der Waals surface area contributed by atoms with Crippen LogP contribution in [0.5, 0.6) is 11.5 Å². The molecule has 202 valence electrons. The number of nitrogens with zero attached hydrogens (tertiary/aromatic N) is 1. The number of nitrogens with one attached hydrogen (secondary N) is 1. The van der Waals surface area contributed by atoms with Crippen molar-refractivity contribution in [2.45, 2.75) is 25.9 Å². The van der Waals surface area contributed by atoms with E-state index in [1.165, 1.54) is 0 Å². The smallest absolute Gasteiger partial charge is 0.333 e. The molecule has 3 rings (SSSR count). The normalized spacial score (nSPS) is 11.4. The van der Waals surface area contributed by atoms with Crippen molar-refractivity contribution >= 4 is 29.3 Å². The average molecular weight is 541 g/mol. The third-order valence-corrected chi connectivity index (χ3v) is 5.93. The minimum atomic E-state index is -0.989. The molecule has 3 aromatic rings. The van der Waals surface area contributed by atoms with Crippen molar-refractivity contribution in [1.29, 1.82) is 0 Å². The van der Waals surface area contributed by atoms with E-state index in [2.05, 4.69) is 5.32 Å². The molecule has 2 amide bonds. The second kappa shape index (κ2) is 15.5. The van der Waals surface area contributed by atoms with Crippen LogP contribution in [-0.2, 0) is 16.0 Å². The number of carbonyl (C=O) groups excluding carboxylic acids is 1. The van der Waals surface area contributed by atoms with Crippen LogP contribution in [0.3, 0.4) is 0 Å². The van der Waals surface area contributed by atoms with Gasteiger partial charge in [-0.25, -0.2) is 9.59 Å². The highest BCUT2D eigenvalue weighted by atomic mass is 35.5. The number of halogens is 1. The predicted octanol–water partition coefficient (Wildman–Crippen LogP) is 5.75. The summed E-state index contributed by atoms with van der Waals surface area (Å²) in [7, 11) is 0. The van der Waals surface area contributed by atoms with Gasteiger partial charge in [0, 0.05) is 19.6 Å². The molecule has 0 aliphatic rings. The maximum Gasteiger partial charge on any atom is 0.333 e. The Balaban J connectivity index is 1.54. The first-order valence-electron chi connectivity index (χ1n) is 12.5. The molecule has 0 aliphatic heterocycles. The van der Waals surface area contributed by atoms with Crippen molar-refractivity contribution in [2.24, 2.45) is 0 Å². The lowest BCUT2D eigenvalue weighted by Gasteiger charge is -2.23. The van der Waals surface area contributed by atoms with E-state index in [0.29, 0.717) is 49.2 Å². The summed E-state index contributed by atoms with van der Waals surface area (Å²) in [6.07, 6.45) is 0.0112. The summed E-state index contributed by atoms with van der Waals surface area (Å²) < 4.78 is 16.9. The maximum atomic E-state index is 13.0. The van der Waals surface area contributed by atoms with E-state index >= 15 is 0 Å². The number of benzene rings is 3. The van der Waals surface area contributed by atoms with Gasteiger partial charge in [-0.2, -0.15) is 0 Å². The average Bonchev–Trinajstić information content (AvgIpc) is 2.92. The highest BCUT2D eigenvalue weighted by Crippen LogP contribution is 2.21. The van der Waals surface area contributed by atoms with Gasteiger partial charge in [0.05, 0.1) is 23.9 Å². The van der Waals surface area contributed by atoms with E-state index < -0.39 is 12.1 Å². The van der Waals surface area contributed by atoms with Crippen LogP contribution >= 0.6 is 11.6 Å². The number of anilines is 1. The fourth-order valence-corrected chi connectivity index (χ4v) is 3.85. The number of aliphatic carboxylic acids is 1. The Labute approximate surface area is 228 Å². The van der Waals surface area contributed by atoms with Crippen molar-refractivity contribution in [3.05, 3.63) is 89.4 Å². The molecule has 0 saturated carbocycles. The minimum absolute atomic E-state index is 0.268. The Bertz CT molecular complexity index is 1140. The SMILES string of the molecule is CCOC(Cc1ccc(OCCN(CCCOc2ccccc2)C(=O)Nc2ccccc2Cl)cc1)C(=O)O. The molecule has 0 fully saturated rings. The van der Waals surface area contributed by atoms with E-state index in [-0.39, 0.29) is 19.1 Å².